The predicted molar refractivity (Wildman–Crippen MR) is 146 cm³/mol. The first-order valence-corrected chi connectivity index (χ1v) is 12.6. The first-order valence-electron chi connectivity index (χ1n) is 11.8. The third-order valence-corrected chi connectivity index (χ3v) is 7.59. The maximum Gasteiger partial charge on any atom is 0.301 e. The van der Waals surface area contributed by atoms with Gasteiger partial charge < -0.3 is 19.3 Å². The van der Waals surface area contributed by atoms with Crippen molar-refractivity contribution in [3.05, 3.63) is 82.4 Å². The molecule has 1 fully saturated rings. The zero-order valence-corrected chi connectivity index (χ0v) is 22.4. The van der Waals surface area contributed by atoms with Crippen molar-refractivity contribution >= 4 is 44.1 Å². The van der Waals surface area contributed by atoms with Crippen LogP contribution in [0.1, 0.15) is 28.3 Å². The van der Waals surface area contributed by atoms with E-state index >= 15 is 0 Å². The fourth-order valence-electron chi connectivity index (χ4n) is 4.67. The number of aryl methyl sites for hydroxylation is 2. The number of carbonyl (C=O) groups excluding carboxylic acids is 2. The lowest BCUT2D eigenvalue weighted by Gasteiger charge is -2.23. The van der Waals surface area contributed by atoms with Crippen LogP contribution in [0.2, 0.25) is 0 Å². The number of ether oxygens (including phenoxy) is 3. The Morgan fingerprint density at radius 1 is 0.895 bits per heavy atom. The SMILES string of the molecule is COc1ccc(C(O)=C2C(=O)C(=O)N(c3nc4ccc(C)cc4s3)[C@H]2c2ccc(OC)c(OC)c2)cc1C. The van der Waals surface area contributed by atoms with Gasteiger partial charge in [0.15, 0.2) is 16.6 Å². The van der Waals surface area contributed by atoms with Gasteiger partial charge in [0.05, 0.1) is 43.2 Å². The minimum Gasteiger partial charge on any atom is -0.507 e. The van der Waals surface area contributed by atoms with E-state index in [1.165, 1.54) is 30.5 Å². The molecule has 5 rings (SSSR count). The van der Waals surface area contributed by atoms with Crippen LogP contribution in [0, 0.1) is 13.8 Å². The van der Waals surface area contributed by atoms with E-state index in [1.54, 1.807) is 43.5 Å². The minimum absolute atomic E-state index is 0.0396. The Morgan fingerprint density at radius 2 is 1.61 bits per heavy atom. The highest BCUT2D eigenvalue weighted by Crippen LogP contribution is 2.46. The lowest BCUT2D eigenvalue weighted by Crippen LogP contribution is -2.29. The van der Waals surface area contributed by atoms with Gasteiger partial charge in [0.25, 0.3) is 5.78 Å². The van der Waals surface area contributed by atoms with Crippen molar-refractivity contribution in [3.63, 3.8) is 0 Å². The highest BCUT2D eigenvalue weighted by atomic mass is 32.1. The van der Waals surface area contributed by atoms with Crippen LogP contribution in [0.3, 0.4) is 0 Å². The molecule has 38 heavy (non-hydrogen) atoms. The number of fused-ring (bicyclic) bond motifs is 1. The van der Waals surface area contributed by atoms with Gasteiger partial charge in [0.1, 0.15) is 11.5 Å². The standard InChI is InChI=1S/C29H26N2O6S/c1-15-6-9-19-23(12-15)38-29(30-19)31-25(17-7-11-21(36-4)22(14-17)37-5)24(27(33)28(31)34)26(32)18-8-10-20(35-3)16(2)13-18/h6-14,25,32H,1-5H3/t25-/m0/s1. The van der Waals surface area contributed by atoms with E-state index in [-0.39, 0.29) is 11.3 Å². The third kappa shape index (κ3) is 4.14. The molecule has 0 spiro atoms. The Labute approximate surface area is 223 Å². The molecule has 1 atom stereocenters. The Hall–Kier alpha value is -4.37. The van der Waals surface area contributed by atoms with Crippen LogP contribution < -0.4 is 19.1 Å². The smallest absolute Gasteiger partial charge is 0.301 e. The quantitative estimate of drug-likeness (QED) is 0.198. The fourth-order valence-corrected chi connectivity index (χ4v) is 5.76. The first-order chi connectivity index (χ1) is 18.3. The molecule has 0 radical (unpaired) electrons. The van der Waals surface area contributed by atoms with Crippen molar-refractivity contribution in [1.29, 1.82) is 0 Å². The number of hydrogen-bond acceptors (Lipinski definition) is 8. The molecule has 2 heterocycles. The van der Waals surface area contributed by atoms with Crippen LogP contribution in [0.15, 0.2) is 60.2 Å². The monoisotopic (exact) mass is 530 g/mol. The topological polar surface area (TPSA) is 98.2 Å². The summed E-state index contributed by atoms with van der Waals surface area (Å²) in [5.41, 5.74) is 3.46. The van der Waals surface area contributed by atoms with Gasteiger partial charge in [0, 0.05) is 5.56 Å². The summed E-state index contributed by atoms with van der Waals surface area (Å²) in [5.74, 6) is -0.291. The van der Waals surface area contributed by atoms with E-state index in [1.807, 2.05) is 32.0 Å². The van der Waals surface area contributed by atoms with E-state index in [0.717, 1.165) is 15.8 Å². The summed E-state index contributed by atoms with van der Waals surface area (Å²) >= 11 is 1.31. The molecular formula is C29H26N2O6S. The Bertz CT molecular complexity index is 1620. The van der Waals surface area contributed by atoms with Crippen LogP contribution in [0.25, 0.3) is 16.0 Å². The van der Waals surface area contributed by atoms with E-state index in [0.29, 0.717) is 39.0 Å². The average molecular weight is 531 g/mol. The number of nitrogens with zero attached hydrogens (tertiary/aromatic N) is 2. The Kier molecular flexibility index (Phi) is 6.54. The van der Waals surface area contributed by atoms with E-state index in [4.69, 9.17) is 14.2 Å². The molecule has 4 aromatic rings. The summed E-state index contributed by atoms with van der Waals surface area (Å²) in [7, 11) is 4.59. The second-order valence-corrected chi connectivity index (χ2v) is 9.94. The molecule has 1 amide bonds. The van der Waals surface area contributed by atoms with Gasteiger partial charge in [0.2, 0.25) is 0 Å². The van der Waals surface area contributed by atoms with Crippen LogP contribution in [0.4, 0.5) is 5.13 Å². The molecule has 0 unspecified atom stereocenters. The zero-order valence-electron chi connectivity index (χ0n) is 21.6. The molecular weight excluding hydrogens is 504 g/mol. The Morgan fingerprint density at radius 3 is 2.29 bits per heavy atom. The van der Waals surface area contributed by atoms with E-state index in [2.05, 4.69) is 4.98 Å². The maximum atomic E-state index is 13.5. The lowest BCUT2D eigenvalue weighted by atomic mass is 9.94. The fraction of sp³-hybridized carbons (Fsp3) is 0.207. The number of amides is 1. The maximum absolute atomic E-state index is 13.5. The molecule has 194 valence electrons. The van der Waals surface area contributed by atoms with Gasteiger partial charge in [-0.3, -0.25) is 14.5 Å². The van der Waals surface area contributed by atoms with E-state index in [9.17, 15) is 14.7 Å². The molecule has 1 aliphatic rings. The largest absolute Gasteiger partial charge is 0.507 e. The van der Waals surface area contributed by atoms with E-state index < -0.39 is 17.7 Å². The van der Waals surface area contributed by atoms with Crippen LogP contribution in [-0.2, 0) is 9.59 Å². The average Bonchev–Trinajstić information content (AvgIpc) is 3.45. The first kappa shape index (κ1) is 25.3. The number of aliphatic hydroxyl groups is 1. The summed E-state index contributed by atoms with van der Waals surface area (Å²) in [6.07, 6.45) is 0. The number of benzene rings is 3. The Balaban J connectivity index is 1.74. The normalized spacial score (nSPS) is 16.8. The van der Waals surface area contributed by atoms with Crippen LogP contribution in [-0.4, -0.2) is 43.1 Å². The summed E-state index contributed by atoms with van der Waals surface area (Å²) in [6, 6.07) is 15.1. The van der Waals surface area contributed by atoms with Crippen LogP contribution in [0.5, 0.6) is 17.2 Å². The molecule has 0 saturated carbocycles. The zero-order chi connectivity index (χ0) is 27.1. The van der Waals surface area contributed by atoms with Crippen molar-refractivity contribution in [2.75, 3.05) is 26.2 Å². The predicted octanol–water partition coefficient (Wildman–Crippen LogP) is 5.57. The molecule has 0 aliphatic carbocycles. The molecule has 8 nitrogen and oxygen atoms in total. The van der Waals surface area contributed by atoms with Crippen molar-refractivity contribution in [2.45, 2.75) is 19.9 Å². The minimum atomic E-state index is -0.945. The molecule has 3 aromatic carbocycles. The molecule has 1 aromatic heterocycles. The molecule has 9 heteroatoms. The number of hydrogen-bond donors (Lipinski definition) is 1. The second-order valence-electron chi connectivity index (χ2n) is 8.94. The summed E-state index contributed by atoms with van der Waals surface area (Å²) in [4.78, 5) is 33.1. The summed E-state index contributed by atoms with van der Waals surface area (Å²) in [6.45, 7) is 3.81. The number of Topliss-reactive ketones (excluding diaryl/α,β-unsaturated/α-hetero) is 1. The molecule has 1 saturated heterocycles. The van der Waals surface area contributed by atoms with Gasteiger partial charge in [-0.05, 0) is 73.0 Å². The molecule has 1 aliphatic heterocycles. The van der Waals surface area contributed by atoms with Crippen molar-refractivity contribution < 1.29 is 28.9 Å². The van der Waals surface area contributed by atoms with Gasteiger partial charge in [-0.15, -0.1) is 0 Å². The number of methoxy groups -OCH3 is 3. The van der Waals surface area contributed by atoms with Gasteiger partial charge in [-0.2, -0.15) is 0 Å². The highest BCUT2D eigenvalue weighted by molar-refractivity contribution is 7.22. The number of rotatable bonds is 6. The number of anilines is 1. The van der Waals surface area contributed by atoms with Crippen molar-refractivity contribution in [1.82, 2.24) is 4.98 Å². The second kappa shape index (κ2) is 9.83. The van der Waals surface area contributed by atoms with Gasteiger partial charge in [-0.1, -0.05) is 23.5 Å². The molecule has 0 bridgehead atoms. The summed E-state index contributed by atoms with van der Waals surface area (Å²) in [5, 5.41) is 11.8. The van der Waals surface area contributed by atoms with Gasteiger partial charge in [-0.25, -0.2) is 4.98 Å². The highest BCUT2D eigenvalue weighted by Gasteiger charge is 2.48. The lowest BCUT2D eigenvalue weighted by molar-refractivity contribution is -0.132. The van der Waals surface area contributed by atoms with Gasteiger partial charge >= 0.3 is 5.91 Å². The third-order valence-electron chi connectivity index (χ3n) is 6.57. The number of aromatic nitrogens is 1. The summed E-state index contributed by atoms with van der Waals surface area (Å²) < 4.78 is 17.1. The number of thiazole rings is 1. The number of ketones is 1. The van der Waals surface area contributed by atoms with Crippen molar-refractivity contribution in [2.24, 2.45) is 0 Å². The number of aliphatic hydroxyl groups excluding tert-OH is 1. The number of carbonyl (C=O) groups is 2. The van der Waals surface area contributed by atoms with Crippen molar-refractivity contribution in [3.8, 4) is 17.2 Å². The molecule has 1 N–H and O–H groups in total. The van der Waals surface area contributed by atoms with Crippen LogP contribution >= 0.6 is 11.3 Å².